The van der Waals surface area contributed by atoms with Crippen LogP contribution in [0.3, 0.4) is 0 Å². The van der Waals surface area contributed by atoms with Crippen molar-refractivity contribution in [2.45, 2.75) is 30.2 Å². The number of ether oxygens (including phenoxy) is 2. The van der Waals surface area contributed by atoms with E-state index in [1.54, 1.807) is 43.3 Å². The molecule has 3 aromatic carbocycles. The Labute approximate surface area is 210 Å². The first-order valence-electron chi connectivity index (χ1n) is 10.9. The molecule has 0 saturated carbocycles. The van der Waals surface area contributed by atoms with Crippen LogP contribution >= 0.6 is 0 Å². The molecule has 3 rings (SSSR count). The Bertz CT molecular complexity index is 1420. The topological polar surface area (TPSA) is 154 Å². The van der Waals surface area contributed by atoms with Gasteiger partial charge in [-0.05, 0) is 79.6 Å². The van der Waals surface area contributed by atoms with Crippen molar-refractivity contribution in [1.82, 2.24) is 5.32 Å². The lowest BCUT2D eigenvalue weighted by atomic mass is 10.2. The molecule has 10 nitrogen and oxygen atoms in total. The molecule has 1 amide bonds. The molecule has 0 aliphatic carbocycles. The number of carbonyl (C=O) groups is 1. The summed E-state index contributed by atoms with van der Waals surface area (Å²) in [5, 5.41) is 7.72. The van der Waals surface area contributed by atoms with Crippen molar-refractivity contribution in [3.63, 3.8) is 0 Å². The molecule has 0 aliphatic rings. The molecule has 0 unspecified atom stereocenters. The summed E-state index contributed by atoms with van der Waals surface area (Å²) in [6, 6.07) is 16.7. The minimum Gasteiger partial charge on any atom is -0.494 e. The van der Waals surface area contributed by atoms with Gasteiger partial charge in [-0.1, -0.05) is 12.1 Å². The fourth-order valence-corrected chi connectivity index (χ4v) is 4.80. The van der Waals surface area contributed by atoms with E-state index in [9.17, 15) is 21.6 Å². The lowest BCUT2D eigenvalue weighted by Gasteiger charge is -2.13. The number of amides is 1. The highest BCUT2D eigenvalue weighted by Crippen LogP contribution is 2.24. The fraction of sp³-hybridized carbons (Fsp3) is 0.208. The van der Waals surface area contributed by atoms with E-state index in [1.807, 2.05) is 6.92 Å². The van der Waals surface area contributed by atoms with Crippen LogP contribution in [0, 0.1) is 6.92 Å². The first-order chi connectivity index (χ1) is 17.0. The molecule has 0 bridgehead atoms. The van der Waals surface area contributed by atoms with Crippen molar-refractivity contribution < 1.29 is 31.1 Å². The van der Waals surface area contributed by atoms with Gasteiger partial charge in [0, 0.05) is 12.2 Å². The van der Waals surface area contributed by atoms with Crippen LogP contribution in [-0.2, 0) is 31.4 Å². The number of sulfonamides is 2. The second-order valence-electron chi connectivity index (χ2n) is 7.74. The molecule has 4 N–H and O–H groups in total. The zero-order valence-electron chi connectivity index (χ0n) is 19.7. The van der Waals surface area contributed by atoms with Crippen LogP contribution in [-0.4, -0.2) is 36.0 Å². The molecular formula is C24H27N3O7S2. The largest absolute Gasteiger partial charge is 0.494 e. The van der Waals surface area contributed by atoms with Crippen molar-refractivity contribution >= 4 is 31.6 Å². The minimum absolute atomic E-state index is 0.0171. The quantitative estimate of drug-likeness (QED) is 0.342. The van der Waals surface area contributed by atoms with Crippen LogP contribution in [0.25, 0.3) is 0 Å². The van der Waals surface area contributed by atoms with Crippen molar-refractivity contribution in [2.24, 2.45) is 5.14 Å². The van der Waals surface area contributed by atoms with Crippen LogP contribution in [0.5, 0.6) is 11.5 Å². The normalized spacial score (nSPS) is 11.5. The zero-order valence-corrected chi connectivity index (χ0v) is 21.4. The summed E-state index contributed by atoms with van der Waals surface area (Å²) >= 11 is 0. The van der Waals surface area contributed by atoms with Crippen LogP contribution < -0.4 is 24.7 Å². The van der Waals surface area contributed by atoms with E-state index in [-0.39, 0.29) is 22.9 Å². The lowest BCUT2D eigenvalue weighted by Crippen LogP contribution is -2.28. The van der Waals surface area contributed by atoms with Crippen LogP contribution in [0.15, 0.2) is 76.5 Å². The second kappa shape index (κ2) is 11.4. The third-order valence-electron chi connectivity index (χ3n) is 4.97. The highest BCUT2D eigenvalue weighted by Gasteiger charge is 2.16. The molecule has 0 spiro atoms. The van der Waals surface area contributed by atoms with Crippen molar-refractivity contribution in [2.75, 3.05) is 17.9 Å². The van der Waals surface area contributed by atoms with Crippen LogP contribution in [0.2, 0.25) is 0 Å². The van der Waals surface area contributed by atoms with Gasteiger partial charge in [-0.15, -0.1) is 0 Å². The molecule has 192 valence electrons. The number of hydrogen-bond donors (Lipinski definition) is 3. The van der Waals surface area contributed by atoms with Gasteiger partial charge in [0.05, 0.1) is 16.4 Å². The Morgan fingerprint density at radius 1 is 0.889 bits per heavy atom. The number of primary sulfonamides is 1. The molecule has 36 heavy (non-hydrogen) atoms. The third kappa shape index (κ3) is 7.44. The van der Waals surface area contributed by atoms with Crippen molar-refractivity contribution in [1.29, 1.82) is 0 Å². The Morgan fingerprint density at radius 3 is 2.11 bits per heavy atom. The molecule has 0 atom stereocenters. The molecule has 0 radical (unpaired) electrons. The van der Waals surface area contributed by atoms with E-state index < -0.39 is 26.0 Å². The summed E-state index contributed by atoms with van der Waals surface area (Å²) < 4.78 is 61.5. The van der Waals surface area contributed by atoms with Gasteiger partial charge in [0.15, 0.2) is 6.61 Å². The van der Waals surface area contributed by atoms with Gasteiger partial charge in [-0.2, -0.15) is 0 Å². The number of benzene rings is 3. The summed E-state index contributed by atoms with van der Waals surface area (Å²) in [6.07, 6.45) is 0. The molecular weight excluding hydrogens is 506 g/mol. The van der Waals surface area contributed by atoms with Crippen LogP contribution in [0.1, 0.15) is 18.1 Å². The Balaban J connectivity index is 1.55. The molecule has 0 saturated heterocycles. The number of nitrogens with one attached hydrogen (secondary N) is 2. The zero-order chi connectivity index (χ0) is 26.3. The first-order valence-corrected chi connectivity index (χ1v) is 13.9. The van der Waals surface area contributed by atoms with Gasteiger partial charge >= 0.3 is 0 Å². The predicted octanol–water partition coefficient (Wildman–Crippen LogP) is 2.54. The van der Waals surface area contributed by atoms with Gasteiger partial charge in [0.2, 0.25) is 10.0 Å². The molecule has 3 aromatic rings. The summed E-state index contributed by atoms with van der Waals surface area (Å²) in [6.45, 7) is 3.93. The Morgan fingerprint density at radius 2 is 1.53 bits per heavy atom. The number of aryl methyl sites for hydroxylation is 1. The van der Waals surface area contributed by atoms with Crippen LogP contribution in [0.4, 0.5) is 5.69 Å². The van der Waals surface area contributed by atoms with Crippen molar-refractivity contribution in [3.05, 3.63) is 77.9 Å². The average Bonchev–Trinajstić information content (AvgIpc) is 2.83. The van der Waals surface area contributed by atoms with Gasteiger partial charge < -0.3 is 14.8 Å². The highest BCUT2D eigenvalue weighted by molar-refractivity contribution is 7.92. The van der Waals surface area contributed by atoms with Gasteiger partial charge in [-0.25, -0.2) is 22.0 Å². The molecule has 0 heterocycles. The Kier molecular flexibility index (Phi) is 8.56. The standard InChI is InChI=1S/C24H27N3O7S2/c1-3-33-20-8-6-19(7-9-20)27-36(31,32)22-12-13-23(17(2)14-22)34-16-24(28)26-15-18-4-10-21(11-5-18)35(25,29)30/h4-14,27H,3,15-16H2,1-2H3,(H,26,28)(H2,25,29,30). The fourth-order valence-electron chi connectivity index (χ4n) is 3.14. The highest BCUT2D eigenvalue weighted by atomic mass is 32.2. The number of carbonyl (C=O) groups excluding carboxylic acids is 1. The lowest BCUT2D eigenvalue weighted by molar-refractivity contribution is -0.123. The number of anilines is 1. The van der Waals surface area contributed by atoms with Gasteiger partial charge in [0.25, 0.3) is 15.9 Å². The van der Waals surface area contributed by atoms with Gasteiger partial charge in [-0.3, -0.25) is 9.52 Å². The molecule has 0 aliphatic heterocycles. The molecule has 0 aromatic heterocycles. The van der Waals surface area contributed by atoms with E-state index in [2.05, 4.69) is 10.0 Å². The maximum absolute atomic E-state index is 12.8. The third-order valence-corrected chi connectivity index (χ3v) is 7.28. The van der Waals surface area contributed by atoms with E-state index >= 15 is 0 Å². The smallest absolute Gasteiger partial charge is 0.261 e. The maximum Gasteiger partial charge on any atom is 0.261 e. The predicted molar refractivity (Wildman–Crippen MR) is 135 cm³/mol. The number of hydrogen-bond acceptors (Lipinski definition) is 7. The Hall–Kier alpha value is -3.61. The average molecular weight is 534 g/mol. The summed E-state index contributed by atoms with van der Waals surface area (Å²) in [5.41, 5.74) is 1.62. The summed E-state index contributed by atoms with van der Waals surface area (Å²) in [5.74, 6) is 0.600. The minimum atomic E-state index is -3.83. The van der Waals surface area contributed by atoms with E-state index in [4.69, 9.17) is 14.6 Å². The van der Waals surface area contributed by atoms with E-state index in [0.717, 1.165) is 0 Å². The van der Waals surface area contributed by atoms with E-state index in [1.165, 1.54) is 30.3 Å². The monoisotopic (exact) mass is 533 g/mol. The van der Waals surface area contributed by atoms with Gasteiger partial charge in [0.1, 0.15) is 11.5 Å². The SMILES string of the molecule is CCOc1ccc(NS(=O)(=O)c2ccc(OCC(=O)NCc3ccc(S(N)(=O)=O)cc3)c(C)c2)cc1. The molecule has 12 heteroatoms. The molecule has 0 fully saturated rings. The summed E-state index contributed by atoms with van der Waals surface area (Å²) in [4.78, 5) is 12.2. The number of nitrogens with two attached hydrogens (primary N) is 1. The summed E-state index contributed by atoms with van der Waals surface area (Å²) in [7, 11) is -7.61. The second-order valence-corrected chi connectivity index (χ2v) is 11.0. The first kappa shape index (κ1) is 27.0. The maximum atomic E-state index is 12.8. The number of rotatable bonds is 11. The van der Waals surface area contributed by atoms with Crippen molar-refractivity contribution in [3.8, 4) is 11.5 Å². The van der Waals surface area contributed by atoms with E-state index in [0.29, 0.717) is 34.9 Å².